The van der Waals surface area contributed by atoms with E-state index in [1.54, 1.807) is 0 Å². The third-order valence-corrected chi connectivity index (χ3v) is 1.75. The van der Waals surface area contributed by atoms with Crippen molar-refractivity contribution in [2.75, 3.05) is 13.1 Å². The first-order valence-electron chi connectivity index (χ1n) is 4.65. The van der Waals surface area contributed by atoms with E-state index < -0.39 is 0 Å². The molecular formula is C10H17N3. The van der Waals surface area contributed by atoms with Crippen molar-refractivity contribution >= 4 is 0 Å². The Kier molecular flexibility index (Phi) is 4.43. The number of rotatable bonds is 5. The Morgan fingerprint density at radius 3 is 3.00 bits per heavy atom. The third-order valence-electron chi connectivity index (χ3n) is 1.75. The smallest absolute Gasteiger partial charge is 0.0416 e. The van der Waals surface area contributed by atoms with Gasteiger partial charge in [0, 0.05) is 37.4 Å². The van der Waals surface area contributed by atoms with E-state index in [1.165, 1.54) is 0 Å². The van der Waals surface area contributed by atoms with E-state index in [-0.39, 0.29) is 6.04 Å². The van der Waals surface area contributed by atoms with E-state index in [0.717, 1.165) is 25.2 Å². The molecule has 1 aromatic rings. The lowest BCUT2D eigenvalue weighted by Gasteiger charge is -2.06. The summed E-state index contributed by atoms with van der Waals surface area (Å²) in [5.74, 6) is 0. The number of aromatic nitrogens is 1. The fourth-order valence-electron chi connectivity index (χ4n) is 1.09. The molecule has 1 unspecified atom stereocenters. The lowest BCUT2D eigenvalue weighted by atomic mass is 10.2. The first-order chi connectivity index (χ1) is 6.29. The highest BCUT2D eigenvalue weighted by atomic mass is 14.9. The molecule has 0 amide bonds. The van der Waals surface area contributed by atoms with Crippen LogP contribution in [0.25, 0.3) is 0 Å². The van der Waals surface area contributed by atoms with Gasteiger partial charge in [0.15, 0.2) is 0 Å². The molecule has 0 saturated carbocycles. The Hall–Kier alpha value is -0.930. The summed E-state index contributed by atoms with van der Waals surface area (Å²) >= 11 is 0. The maximum atomic E-state index is 5.59. The molecule has 0 aliphatic carbocycles. The molecule has 0 aliphatic rings. The van der Waals surface area contributed by atoms with Gasteiger partial charge < -0.3 is 11.1 Å². The largest absolute Gasteiger partial charge is 0.327 e. The fourth-order valence-corrected chi connectivity index (χ4v) is 1.09. The first kappa shape index (κ1) is 10.2. The van der Waals surface area contributed by atoms with Crippen LogP contribution in [0.5, 0.6) is 0 Å². The Morgan fingerprint density at radius 1 is 1.54 bits per heavy atom. The molecule has 1 rings (SSSR count). The molecule has 0 bridgehead atoms. The lowest BCUT2D eigenvalue weighted by molar-refractivity contribution is 0.606. The second-order valence-electron chi connectivity index (χ2n) is 3.25. The Labute approximate surface area is 79.4 Å². The third kappa shape index (κ3) is 4.60. The van der Waals surface area contributed by atoms with Crippen LogP contribution in [-0.4, -0.2) is 24.1 Å². The van der Waals surface area contributed by atoms with Gasteiger partial charge in [-0.2, -0.15) is 0 Å². The Morgan fingerprint density at radius 2 is 2.38 bits per heavy atom. The van der Waals surface area contributed by atoms with Crippen LogP contribution >= 0.6 is 0 Å². The Bertz CT molecular complexity index is 221. The molecular weight excluding hydrogens is 162 g/mol. The first-order valence-corrected chi connectivity index (χ1v) is 4.65. The van der Waals surface area contributed by atoms with E-state index >= 15 is 0 Å². The van der Waals surface area contributed by atoms with Crippen molar-refractivity contribution in [2.45, 2.75) is 19.4 Å². The molecule has 1 atom stereocenters. The lowest BCUT2D eigenvalue weighted by Crippen LogP contribution is -2.32. The summed E-state index contributed by atoms with van der Waals surface area (Å²) in [4.78, 5) is 4.22. The summed E-state index contributed by atoms with van der Waals surface area (Å²) in [5, 5.41) is 3.27. The highest BCUT2D eigenvalue weighted by Gasteiger charge is 1.94. The van der Waals surface area contributed by atoms with Gasteiger partial charge >= 0.3 is 0 Å². The SMILES string of the molecule is CC(N)CNCCc1ccccn1. The van der Waals surface area contributed by atoms with Crippen LogP contribution in [0.3, 0.4) is 0 Å². The zero-order valence-electron chi connectivity index (χ0n) is 8.03. The van der Waals surface area contributed by atoms with Crippen LogP contribution in [0.2, 0.25) is 0 Å². The zero-order chi connectivity index (χ0) is 9.52. The van der Waals surface area contributed by atoms with E-state index in [2.05, 4.69) is 10.3 Å². The molecule has 72 valence electrons. The molecule has 0 saturated heterocycles. The minimum atomic E-state index is 0.226. The quantitative estimate of drug-likeness (QED) is 0.649. The predicted octanol–water partition coefficient (Wildman–Crippen LogP) is 0.561. The number of pyridine rings is 1. The molecule has 0 aliphatic heterocycles. The van der Waals surface area contributed by atoms with Crippen molar-refractivity contribution in [2.24, 2.45) is 5.73 Å². The molecule has 13 heavy (non-hydrogen) atoms. The van der Waals surface area contributed by atoms with E-state index in [1.807, 2.05) is 31.3 Å². The van der Waals surface area contributed by atoms with Gasteiger partial charge in [0.25, 0.3) is 0 Å². The summed E-state index contributed by atoms with van der Waals surface area (Å²) in [5.41, 5.74) is 6.72. The van der Waals surface area contributed by atoms with Crippen molar-refractivity contribution in [3.05, 3.63) is 30.1 Å². The van der Waals surface area contributed by atoms with Crippen molar-refractivity contribution < 1.29 is 0 Å². The van der Waals surface area contributed by atoms with E-state index in [0.29, 0.717) is 0 Å². The molecule has 0 spiro atoms. The highest BCUT2D eigenvalue weighted by molar-refractivity contribution is 5.03. The molecule has 3 N–H and O–H groups in total. The summed E-state index contributed by atoms with van der Waals surface area (Å²) in [6, 6.07) is 6.20. The fraction of sp³-hybridized carbons (Fsp3) is 0.500. The summed E-state index contributed by atoms with van der Waals surface area (Å²) in [6.45, 7) is 3.80. The number of hydrogen-bond acceptors (Lipinski definition) is 3. The molecule has 3 nitrogen and oxygen atoms in total. The average Bonchev–Trinajstić information content (AvgIpc) is 2.14. The van der Waals surface area contributed by atoms with Gasteiger partial charge in [-0.1, -0.05) is 6.07 Å². The Balaban J connectivity index is 2.13. The van der Waals surface area contributed by atoms with E-state index in [9.17, 15) is 0 Å². The number of hydrogen-bond donors (Lipinski definition) is 2. The summed E-state index contributed by atoms with van der Waals surface area (Å²) < 4.78 is 0. The standard InChI is InChI=1S/C10H17N3/c1-9(11)8-12-7-5-10-4-2-3-6-13-10/h2-4,6,9,12H,5,7-8,11H2,1H3. The van der Waals surface area contributed by atoms with Crippen LogP contribution in [0, 0.1) is 0 Å². The van der Waals surface area contributed by atoms with Gasteiger partial charge in [-0.25, -0.2) is 0 Å². The number of nitrogens with one attached hydrogen (secondary N) is 1. The second kappa shape index (κ2) is 5.67. The van der Waals surface area contributed by atoms with Gasteiger partial charge in [0.2, 0.25) is 0 Å². The number of nitrogens with two attached hydrogens (primary N) is 1. The van der Waals surface area contributed by atoms with Crippen LogP contribution in [0.15, 0.2) is 24.4 Å². The zero-order valence-corrected chi connectivity index (χ0v) is 8.03. The van der Waals surface area contributed by atoms with Gasteiger partial charge in [-0.15, -0.1) is 0 Å². The van der Waals surface area contributed by atoms with Crippen LogP contribution in [-0.2, 0) is 6.42 Å². The summed E-state index contributed by atoms with van der Waals surface area (Å²) in [6.07, 6.45) is 2.79. The van der Waals surface area contributed by atoms with Gasteiger partial charge in [0.05, 0.1) is 0 Å². The maximum absolute atomic E-state index is 5.59. The molecule has 1 aromatic heterocycles. The summed E-state index contributed by atoms with van der Waals surface area (Å²) in [7, 11) is 0. The van der Waals surface area contributed by atoms with Crippen LogP contribution in [0.4, 0.5) is 0 Å². The second-order valence-corrected chi connectivity index (χ2v) is 3.25. The molecule has 3 heteroatoms. The van der Waals surface area contributed by atoms with Crippen LogP contribution in [0.1, 0.15) is 12.6 Å². The monoisotopic (exact) mass is 179 g/mol. The predicted molar refractivity (Wildman–Crippen MR) is 54.5 cm³/mol. The topological polar surface area (TPSA) is 50.9 Å². The van der Waals surface area contributed by atoms with Crippen LogP contribution < -0.4 is 11.1 Å². The average molecular weight is 179 g/mol. The minimum absolute atomic E-state index is 0.226. The minimum Gasteiger partial charge on any atom is -0.327 e. The normalized spacial score (nSPS) is 12.8. The highest BCUT2D eigenvalue weighted by Crippen LogP contribution is 1.92. The maximum Gasteiger partial charge on any atom is 0.0416 e. The number of nitrogens with zero attached hydrogens (tertiary/aromatic N) is 1. The van der Waals surface area contributed by atoms with E-state index in [4.69, 9.17) is 5.73 Å². The molecule has 1 heterocycles. The van der Waals surface area contributed by atoms with Crippen molar-refractivity contribution in [1.29, 1.82) is 0 Å². The van der Waals surface area contributed by atoms with Crippen molar-refractivity contribution in [3.63, 3.8) is 0 Å². The molecule has 0 fully saturated rings. The van der Waals surface area contributed by atoms with Gasteiger partial charge in [-0.05, 0) is 19.1 Å². The molecule has 0 aromatic carbocycles. The van der Waals surface area contributed by atoms with Crippen molar-refractivity contribution in [3.8, 4) is 0 Å². The van der Waals surface area contributed by atoms with Gasteiger partial charge in [0.1, 0.15) is 0 Å². The van der Waals surface area contributed by atoms with Gasteiger partial charge in [-0.3, -0.25) is 4.98 Å². The van der Waals surface area contributed by atoms with Crippen molar-refractivity contribution in [1.82, 2.24) is 10.3 Å². The molecule has 0 radical (unpaired) electrons.